The van der Waals surface area contributed by atoms with Crippen molar-refractivity contribution in [3.8, 4) is 40.7 Å². The Bertz CT molecular complexity index is 1330. The summed E-state index contributed by atoms with van der Waals surface area (Å²) in [5.41, 5.74) is 12.1. The number of benzene rings is 4. The van der Waals surface area contributed by atoms with E-state index in [9.17, 15) is 0 Å². The van der Waals surface area contributed by atoms with Crippen LogP contribution in [-0.2, 0) is 12.8 Å². The third-order valence-electron chi connectivity index (χ3n) is 7.70. The molecular formula is C38H39N. The zero-order valence-corrected chi connectivity index (χ0v) is 23.5. The van der Waals surface area contributed by atoms with Crippen LogP contribution in [0.2, 0.25) is 0 Å². The highest BCUT2D eigenvalue weighted by Gasteiger charge is 2.05. The number of unbranched alkanes of at least 4 members (excludes halogenated alkanes) is 6. The van der Waals surface area contributed by atoms with Crippen LogP contribution >= 0.6 is 0 Å². The number of aryl methyl sites for hydroxylation is 4. The zero-order chi connectivity index (χ0) is 27.5. The molecule has 0 saturated heterocycles. The molecule has 0 radical (unpaired) electrons. The van der Waals surface area contributed by atoms with Crippen LogP contribution < -0.4 is 0 Å². The van der Waals surface area contributed by atoms with E-state index in [1.807, 2.05) is 36.4 Å². The Balaban J connectivity index is 1.11. The van der Waals surface area contributed by atoms with Crippen LogP contribution in [-0.4, -0.2) is 0 Å². The molecule has 4 aromatic carbocycles. The average Bonchev–Trinajstić information content (AvgIpc) is 2.96. The molecule has 196 valence electrons. The Morgan fingerprint density at radius 1 is 0.538 bits per heavy atom. The highest BCUT2D eigenvalue weighted by atomic mass is 14.2. The van der Waals surface area contributed by atoms with Crippen LogP contribution in [0.15, 0.2) is 84.9 Å². The Hall–Kier alpha value is -4.07. The summed E-state index contributed by atoms with van der Waals surface area (Å²) in [6, 6.07) is 32.1. The van der Waals surface area contributed by atoms with E-state index < -0.39 is 0 Å². The quantitative estimate of drug-likeness (QED) is 0.138. The van der Waals surface area contributed by atoms with Crippen molar-refractivity contribution >= 4 is 0 Å². The highest BCUT2D eigenvalue weighted by Crippen LogP contribution is 2.27. The number of hydrogen-bond donors (Lipinski definition) is 0. The molecule has 0 fully saturated rings. The molecule has 0 N–H and O–H groups in total. The molecule has 1 nitrogen and oxygen atoms in total. The fraction of sp³-hybridized carbons (Fsp3) is 0.289. The molecule has 0 aliphatic carbocycles. The van der Waals surface area contributed by atoms with Gasteiger partial charge in [0, 0.05) is 5.56 Å². The van der Waals surface area contributed by atoms with Crippen LogP contribution in [0, 0.1) is 37.5 Å². The maximum absolute atomic E-state index is 9.01. The maximum atomic E-state index is 9.01. The number of nitrogens with zero attached hydrogens (tertiary/aromatic N) is 1. The minimum Gasteiger partial charge on any atom is -0.192 e. The van der Waals surface area contributed by atoms with Crippen molar-refractivity contribution in [1.29, 1.82) is 5.26 Å². The van der Waals surface area contributed by atoms with Gasteiger partial charge in [0.15, 0.2) is 0 Å². The van der Waals surface area contributed by atoms with E-state index >= 15 is 0 Å². The maximum Gasteiger partial charge on any atom is 0.0991 e. The van der Waals surface area contributed by atoms with Crippen molar-refractivity contribution in [1.82, 2.24) is 0 Å². The number of nitriles is 1. The fourth-order valence-corrected chi connectivity index (χ4v) is 5.42. The Labute approximate surface area is 235 Å². The minimum atomic E-state index is 0.706. The number of hydrogen-bond acceptors (Lipinski definition) is 1. The molecule has 0 bridgehead atoms. The van der Waals surface area contributed by atoms with Gasteiger partial charge in [0.2, 0.25) is 0 Å². The first kappa shape index (κ1) is 28.0. The normalized spacial score (nSPS) is 10.7. The van der Waals surface area contributed by atoms with Gasteiger partial charge in [-0.3, -0.25) is 0 Å². The molecule has 0 saturated carbocycles. The molecular weight excluding hydrogens is 470 g/mol. The summed E-state index contributed by atoms with van der Waals surface area (Å²) in [4.78, 5) is 0. The van der Waals surface area contributed by atoms with E-state index in [1.165, 1.54) is 89.5 Å². The molecule has 0 heterocycles. The SMILES string of the molecule is C#Cc1ccc(-c2ccc(CCCCCCCCCc3ccc(-c4ccc(C#N)cc4)c(C)c3)cc2C)cc1. The molecule has 0 aliphatic heterocycles. The smallest absolute Gasteiger partial charge is 0.0991 e. The van der Waals surface area contributed by atoms with Crippen LogP contribution in [0.5, 0.6) is 0 Å². The van der Waals surface area contributed by atoms with Gasteiger partial charge in [-0.15, -0.1) is 6.42 Å². The molecule has 0 aliphatic rings. The number of rotatable bonds is 12. The van der Waals surface area contributed by atoms with Gasteiger partial charge in [-0.1, -0.05) is 98.7 Å². The van der Waals surface area contributed by atoms with Crippen molar-refractivity contribution in [2.45, 2.75) is 71.6 Å². The van der Waals surface area contributed by atoms with Crippen molar-refractivity contribution in [2.24, 2.45) is 0 Å². The molecule has 39 heavy (non-hydrogen) atoms. The van der Waals surface area contributed by atoms with Crippen LogP contribution in [0.25, 0.3) is 22.3 Å². The summed E-state index contributed by atoms with van der Waals surface area (Å²) in [6.07, 6.45) is 16.9. The van der Waals surface area contributed by atoms with Crippen molar-refractivity contribution < 1.29 is 0 Å². The summed E-state index contributed by atoms with van der Waals surface area (Å²) in [7, 11) is 0. The largest absolute Gasteiger partial charge is 0.192 e. The monoisotopic (exact) mass is 509 g/mol. The first-order chi connectivity index (χ1) is 19.1. The third-order valence-corrected chi connectivity index (χ3v) is 7.70. The Morgan fingerprint density at radius 2 is 0.949 bits per heavy atom. The van der Waals surface area contributed by atoms with E-state index in [2.05, 4.69) is 74.4 Å². The predicted octanol–water partition coefficient (Wildman–Crippen LogP) is 10.0. The summed E-state index contributed by atoms with van der Waals surface area (Å²) in [5, 5.41) is 9.01. The van der Waals surface area contributed by atoms with Crippen LogP contribution in [0.4, 0.5) is 0 Å². The molecule has 0 aromatic heterocycles. The second-order valence-electron chi connectivity index (χ2n) is 10.7. The standard InChI is InChI=1S/C38H39N/c1-4-31-14-20-35(21-15-31)37-24-18-32(26-29(37)2)12-10-8-6-5-7-9-11-13-33-19-25-38(30(3)27-33)36-22-16-34(28-39)17-23-36/h1,14-27H,5-13H2,2-3H3. The lowest BCUT2D eigenvalue weighted by Gasteiger charge is -2.10. The van der Waals surface area contributed by atoms with E-state index in [0.29, 0.717) is 5.56 Å². The summed E-state index contributed by atoms with van der Waals surface area (Å²) in [6.45, 7) is 4.39. The molecule has 4 rings (SSSR count). The first-order valence-electron chi connectivity index (χ1n) is 14.3. The minimum absolute atomic E-state index is 0.706. The molecule has 0 atom stereocenters. The van der Waals surface area contributed by atoms with Gasteiger partial charge < -0.3 is 0 Å². The topological polar surface area (TPSA) is 23.8 Å². The van der Waals surface area contributed by atoms with Gasteiger partial charge in [-0.05, 0) is 108 Å². The third kappa shape index (κ3) is 7.96. The fourth-order valence-electron chi connectivity index (χ4n) is 5.42. The first-order valence-corrected chi connectivity index (χ1v) is 14.3. The lowest BCUT2D eigenvalue weighted by Crippen LogP contribution is -1.91. The van der Waals surface area contributed by atoms with Gasteiger partial charge in [-0.2, -0.15) is 5.26 Å². The lowest BCUT2D eigenvalue weighted by molar-refractivity contribution is 0.579. The van der Waals surface area contributed by atoms with Gasteiger partial charge >= 0.3 is 0 Å². The van der Waals surface area contributed by atoms with Crippen LogP contribution in [0.3, 0.4) is 0 Å². The van der Waals surface area contributed by atoms with Gasteiger partial charge in [0.25, 0.3) is 0 Å². The second-order valence-corrected chi connectivity index (χ2v) is 10.7. The lowest BCUT2D eigenvalue weighted by atomic mass is 9.95. The zero-order valence-electron chi connectivity index (χ0n) is 23.5. The number of terminal acetylenes is 1. The molecule has 0 spiro atoms. The van der Waals surface area contributed by atoms with Crippen molar-refractivity contribution in [2.75, 3.05) is 0 Å². The van der Waals surface area contributed by atoms with Crippen molar-refractivity contribution in [3.05, 3.63) is 118 Å². The predicted molar refractivity (Wildman–Crippen MR) is 166 cm³/mol. The van der Waals surface area contributed by atoms with E-state index in [4.69, 9.17) is 11.7 Å². The molecule has 0 amide bonds. The average molecular weight is 510 g/mol. The second kappa shape index (κ2) is 14.2. The Kier molecular flexibility index (Phi) is 10.2. The van der Waals surface area contributed by atoms with E-state index in [-0.39, 0.29) is 0 Å². The molecule has 4 aromatic rings. The summed E-state index contributed by atoms with van der Waals surface area (Å²) >= 11 is 0. The van der Waals surface area contributed by atoms with E-state index in [1.54, 1.807) is 0 Å². The Morgan fingerprint density at radius 3 is 1.33 bits per heavy atom. The van der Waals surface area contributed by atoms with Gasteiger partial charge in [-0.25, -0.2) is 0 Å². The summed E-state index contributed by atoms with van der Waals surface area (Å²) < 4.78 is 0. The van der Waals surface area contributed by atoms with Crippen LogP contribution in [0.1, 0.15) is 78.3 Å². The van der Waals surface area contributed by atoms with E-state index in [0.717, 1.165) is 18.4 Å². The molecule has 1 heteroatoms. The summed E-state index contributed by atoms with van der Waals surface area (Å²) in [5.74, 6) is 2.69. The van der Waals surface area contributed by atoms with Gasteiger partial charge in [0.1, 0.15) is 0 Å². The van der Waals surface area contributed by atoms with Gasteiger partial charge in [0.05, 0.1) is 11.6 Å². The van der Waals surface area contributed by atoms with Crippen molar-refractivity contribution in [3.63, 3.8) is 0 Å². The molecule has 0 unspecified atom stereocenters. The highest BCUT2D eigenvalue weighted by molar-refractivity contribution is 5.69.